The van der Waals surface area contributed by atoms with Crippen LogP contribution in [0.4, 0.5) is 0 Å². The maximum atomic E-state index is 13.1. The molecule has 0 fully saturated rings. The molecule has 0 bridgehead atoms. The van der Waals surface area contributed by atoms with Crippen molar-refractivity contribution < 1.29 is 14.7 Å². The monoisotopic (exact) mass is 409 g/mol. The Kier molecular flexibility index (Phi) is 6.79. The quantitative estimate of drug-likeness (QED) is 0.467. The number of aromatic nitrogens is 2. The Labute approximate surface area is 172 Å². The molecule has 156 valence electrons. The van der Waals surface area contributed by atoms with Crippen LogP contribution in [0, 0.1) is 0 Å². The summed E-state index contributed by atoms with van der Waals surface area (Å²) in [6.45, 7) is 0.321. The first-order valence-electron chi connectivity index (χ1n) is 9.77. The van der Waals surface area contributed by atoms with Crippen molar-refractivity contribution in [2.45, 2.75) is 31.7 Å². The highest BCUT2D eigenvalue weighted by molar-refractivity contribution is 5.84. The predicted molar refractivity (Wildman–Crippen MR) is 113 cm³/mol. The molecule has 8 heteroatoms. The molecule has 0 spiro atoms. The lowest BCUT2D eigenvalue weighted by Gasteiger charge is -2.19. The van der Waals surface area contributed by atoms with Gasteiger partial charge < -0.3 is 15.4 Å². The van der Waals surface area contributed by atoms with Gasteiger partial charge in [0.15, 0.2) is 0 Å². The van der Waals surface area contributed by atoms with Crippen molar-refractivity contribution in [1.82, 2.24) is 14.9 Å². The maximum Gasteiger partial charge on any atom is 0.329 e. The summed E-state index contributed by atoms with van der Waals surface area (Å²) < 4.78 is 0.942. The van der Waals surface area contributed by atoms with Gasteiger partial charge in [-0.3, -0.25) is 14.4 Å². The summed E-state index contributed by atoms with van der Waals surface area (Å²) in [7, 11) is 0. The maximum absolute atomic E-state index is 13.1. The van der Waals surface area contributed by atoms with Crippen LogP contribution in [-0.2, 0) is 9.59 Å². The molecular formula is C22H23N3O5. The van der Waals surface area contributed by atoms with Gasteiger partial charge in [0.25, 0.3) is 5.56 Å². The standard InChI is InChI=1S/C22H23N3O5/c26-18(27)13-5-2-8-14-23-20(28)19(15-9-3-1-4-10-15)25-21(29)16-11-6-7-12-17(16)24-22(25)30/h1,3-4,6-7,9-12,19H,2,5,8,13-14H2,(H,23,28)(H,24,30)(H,26,27). The van der Waals surface area contributed by atoms with Crippen molar-refractivity contribution in [3.8, 4) is 0 Å². The number of hydrogen-bond acceptors (Lipinski definition) is 4. The number of carboxylic acids is 1. The molecule has 3 N–H and O–H groups in total. The van der Waals surface area contributed by atoms with Crippen LogP contribution in [0.15, 0.2) is 64.2 Å². The van der Waals surface area contributed by atoms with E-state index in [1.54, 1.807) is 54.6 Å². The van der Waals surface area contributed by atoms with Crippen LogP contribution < -0.4 is 16.6 Å². The van der Waals surface area contributed by atoms with E-state index in [1.165, 1.54) is 0 Å². The Bertz CT molecular complexity index is 1150. The number of aliphatic carboxylic acids is 1. The third-order valence-electron chi connectivity index (χ3n) is 4.83. The molecular weight excluding hydrogens is 386 g/mol. The van der Waals surface area contributed by atoms with Gasteiger partial charge >= 0.3 is 11.7 Å². The Hall–Kier alpha value is -3.68. The largest absolute Gasteiger partial charge is 0.481 e. The molecule has 0 aliphatic rings. The van der Waals surface area contributed by atoms with E-state index in [0.717, 1.165) is 4.57 Å². The van der Waals surface area contributed by atoms with Crippen LogP contribution in [0.3, 0.4) is 0 Å². The molecule has 1 heterocycles. The minimum absolute atomic E-state index is 0.0858. The number of para-hydroxylation sites is 1. The van der Waals surface area contributed by atoms with Gasteiger partial charge in [0, 0.05) is 13.0 Å². The Morgan fingerprint density at radius 3 is 2.40 bits per heavy atom. The van der Waals surface area contributed by atoms with Crippen LogP contribution in [0.25, 0.3) is 10.9 Å². The number of rotatable bonds is 9. The van der Waals surface area contributed by atoms with E-state index in [9.17, 15) is 19.2 Å². The van der Waals surface area contributed by atoms with Crippen LogP contribution >= 0.6 is 0 Å². The predicted octanol–water partition coefficient (Wildman–Crippen LogP) is 2.04. The number of aromatic amines is 1. The average molecular weight is 409 g/mol. The molecule has 2 aromatic carbocycles. The normalized spacial score (nSPS) is 11.9. The van der Waals surface area contributed by atoms with Crippen molar-refractivity contribution in [2.75, 3.05) is 6.54 Å². The average Bonchev–Trinajstić information content (AvgIpc) is 2.73. The number of H-pyrrole nitrogens is 1. The van der Waals surface area contributed by atoms with Gasteiger partial charge in [0.05, 0.1) is 10.9 Å². The molecule has 0 saturated heterocycles. The fourth-order valence-corrected chi connectivity index (χ4v) is 3.35. The zero-order valence-electron chi connectivity index (χ0n) is 16.3. The second kappa shape index (κ2) is 9.69. The molecule has 0 aliphatic heterocycles. The Balaban J connectivity index is 1.89. The van der Waals surface area contributed by atoms with E-state index in [2.05, 4.69) is 10.3 Å². The highest BCUT2D eigenvalue weighted by Crippen LogP contribution is 2.16. The van der Waals surface area contributed by atoms with Gasteiger partial charge in [-0.25, -0.2) is 9.36 Å². The number of nitrogens with zero attached hydrogens (tertiary/aromatic N) is 1. The smallest absolute Gasteiger partial charge is 0.329 e. The summed E-state index contributed by atoms with van der Waals surface area (Å²) in [6.07, 6.45) is 1.86. The SMILES string of the molecule is O=C(O)CCCCCNC(=O)C(c1ccccc1)n1c(=O)[nH]c2ccccc2c1=O. The summed E-state index contributed by atoms with van der Waals surface area (Å²) in [6, 6.07) is 14.2. The molecule has 0 aliphatic carbocycles. The van der Waals surface area contributed by atoms with Crippen LogP contribution in [0.1, 0.15) is 37.3 Å². The van der Waals surface area contributed by atoms with Crippen LogP contribution in [-0.4, -0.2) is 33.1 Å². The second-order valence-corrected chi connectivity index (χ2v) is 6.96. The highest BCUT2D eigenvalue weighted by atomic mass is 16.4. The number of nitrogens with one attached hydrogen (secondary N) is 2. The minimum atomic E-state index is -1.12. The first-order chi connectivity index (χ1) is 14.5. The Morgan fingerprint density at radius 2 is 1.67 bits per heavy atom. The second-order valence-electron chi connectivity index (χ2n) is 6.96. The molecule has 1 unspecified atom stereocenters. The van der Waals surface area contributed by atoms with E-state index < -0.39 is 29.2 Å². The van der Waals surface area contributed by atoms with E-state index in [4.69, 9.17) is 5.11 Å². The third kappa shape index (κ3) is 4.83. The summed E-state index contributed by atoms with van der Waals surface area (Å²) >= 11 is 0. The van der Waals surface area contributed by atoms with Crippen molar-refractivity contribution >= 4 is 22.8 Å². The number of benzene rings is 2. The number of amides is 1. The molecule has 0 saturated carbocycles. The van der Waals surface area contributed by atoms with Gasteiger partial charge in [0.1, 0.15) is 6.04 Å². The van der Waals surface area contributed by atoms with Gasteiger partial charge in [-0.1, -0.05) is 48.9 Å². The van der Waals surface area contributed by atoms with Crippen LogP contribution in [0.2, 0.25) is 0 Å². The lowest BCUT2D eigenvalue weighted by molar-refractivity contribution is -0.137. The summed E-state index contributed by atoms with van der Waals surface area (Å²) in [5.41, 5.74) is -0.276. The van der Waals surface area contributed by atoms with Gasteiger partial charge in [-0.05, 0) is 30.5 Å². The molecule has 1 amide bonds. The van der Waals surface area contributed by atoms with Crippen molar-refractivity contribution in [2.24, 2.45) is 0 Å². The fourth-order valence-electron chi connectivity index (χ4n) is 3.35. The van der Waals surface area contributed by atoms with Crippen molar-refractivity contribution in [3.05, 3.63) is 81.0 Å². The molecule has 0 radical (unpaired) electrons. The Morgan fingerprint density at radius 1 is 0.967 bits per heavy atom. The van der Waals surface area contributed by atoms with E-state index >= 15 is 0 Å². The lowest BCUT2D eigenvalue weighted by atomic mass is 10.1. The van der Waals surface area contributed by atoms with E-state index in [-0.39, 0.29) is 6.42 Å². The number of carboxylic acid groups (broad SMARTS) is 1. The van der Waals surface area contributed by atoms with E-state index in [1.807, 2.05) is 0 Å². The molecule has 1 atom stereocenters. The zero-order valence-corrected chi connectivity index (χ0v) is 16.3. The first-order valence-corrected chi connectivity index (χ1v) is 9.77. The van der Waals surface area contributed by atoms with Gasteiger partial charge in [-0.15, -0.1) is 0 Å². The fraction of sp³-hybridized carbons (Fsp3) is 0.273. The number of unbranched alkanes of at least 4 members (excludes halogenated alkanes) is 2. The first kappa shape index (κ1) is 21.0. The summed E-state index contributed by atoms with van der Waals surface area (Å²) in [5.74, 6) is -1.32. The minimum Gasteiger partial charge on any atom is -0.481 e. The summed E-state index contributed by atoms with van der Waals surface area (Å²) in [4.78, 5) is 52.0. The number of fused-ring (bicyclic) bond motifs is 1. The van der Waals surface area contributed by atoms with Gasteiger partial charge in [0.2, 0.25) is 5.91 Å². The molecule has 3 aromatic rings. The van der Waals surface area contributed by atoms with Crippen molar-refractivity contribution in [1.29, 1.82) is 0 Å². The van der Waals surface area contributed by atoms with Gasteiger partial charge in [-0.2, -0.15) is 0 Å². The topological polar surface area (TPSA) is 121 Å². The molecule has 3 rings (SSSR count). The molecule has 8 nitrogen and oxygen atoms in total. The molecule has 1 aromatic heterocycles. The van der Waals surface area contributed by atoms with Crippen LogP contribution in [0.5, 0.6) is 0 Å². The highest BCUT2D eigenvalue weighted by Gasteiger charge is 2.26. The number of carbonyl (C=O) groups is 2. The lowest BCUT2D eigenvalue weighted by Crippen LogP contribution is -2.45. The number of carbonyl (C=O) groups excluding carboxylic acids is 1. The van der Waals surface area contributed by atoms with E-state index in [0.29, 0.717) is 42.3 Å². The van der Waals surface area contributed by atoms with Crippen molar-refractivity contribution in [3.63, 3.8) is 0 Å². The third-order valence-corrected chi connectivity index (χ3v) is 4.83. The summed E-state index contributed by atoms with van der Waals surface area (Å²) in [5, 5.41) is 11.8. The molecule has 30 heavy (non-hydrogen) atoms. The number of hydrogen-bond donors (Lipinski definition) is 3. The zero-order chi connectivity index (χ0) is 21.5.